The van der Waals surface area contributed by atoms with E-state index in [-0.39, 0.29) is 17.3 Å². The normalized spacial score (nSPS) is 22.9. The Kier molecular flexibility index (Phi) is 4.90. The van der Waals surface area contributed by atoms with Crippen LogP contribution in [-0.4, -0.2) is 43.7 Å². The maximum Gasteiger partial charge on any atom is 0.180 e. The van der Waals surface area contributed by atoms with Crippen LogP contribution in [0.3, 0.4) is 0 Å². The third-order valence-corrected chi connectivity index (χ3v) is 7.90. The molecule has 1 spiro atoms. The van der Waals surface area contributed by atoms with Gasteiger partial charge in [0.1, 0.15) is 16.9 Å². The van der Waals surface area contributed by atoms with E-state index in [1.807, 2.05) is 41.3 Å². The van der Waals surface area contributed by atoms with E-state index in [0.717, 1.165) is 11.3 Å². The molecule has 2 heterocycles. The molecule has 3 aromatic carbocycles. The van der Waals surface area contributed by atoms with Crippen LogP contribution in [0.15, 0.2) is 72.8 Å². The lowest BCUT2D eigenvalue weighted by Crippen LogP contribution is -2.48. The first-order chi connectivity index (χ1) is 17.4. The largest absolute Gasteiger partial charge is 0.497 e. The minimum absolute atomic E-state index is 0.131. The molecule has 3 atom stereocenters. The highest BCUT2D eigenvalue weighted by molar-refractivity contribution is 6.32. The summed E-state index contributed by atoms with van der Waals surface area (Å²) in [6.07, 6.45) is 3.86. The maximum atomic E-state index is 14.4. The van der Waals surface area contributed by atoms with E-state index in [1.165, 1.54) is 6.92 Å². The molecule has 1 fully saturated rings. The second-order valence-electron chi connectivity index (χ2n) is 9.48. The van der Waals surface area contributed by atoms with Crippen molar-refractivity contribution >= 4 is 29.1 Å². The summed E-state index contributed by atoms with van der Waals surface area (Å²) in [6, 6.07) is 18.6. The SMILES string of the molecule is COc1ccc(OC)c([C@H]2[C@@H](C(C)=O)N3c4ccccc4C=C[C@@H]3C23C(=O)c2ccccc2C3=O)c1. The number of hydrogen-bond acceptors (Lipinski definition) is 6. The van der Waals surface area contributed by atoms with Gasteiger partial charge in [-0.15, -0.1) is 0 Å². The second-order valence-corrected chi connectivity index (χ2v) is 9.48. The van der Waals surface area contributed by atoms with Gasteiger partial charge in [-0.05, 0) is 36.8 Å². The summed E-state index contributed by atoms with van der Waals surface area (Å²) in [5.41, 5.74) is 1.61. The van der Waals surface area contributed by atoms with Crippen molar-refractivity contribution in [2.45, 2.75) is 24.9 Å². The van der Waals surface area contributed by atoms with Gasteiger partial charge in [-0.1, -0.05) is 54.6 Å². The predicted molar refractivity (Wildman–Crippen MR) is 136 cm³/mol. The van der Waals surface area contributed by atoms with Crippen LogP contribution in [0.5, 0.6) is 11.5 Å². The molecule has 6 rings (SSSR count). The topological polar surface area (TPSA) is 72.9 Å². The summed E-state index contributed by atoms with van der Waals surface area (Å²) in [5, 5.41) is 0. The van der Waals surface area contributed by atoms with Crippen LogP contribution >= 0.6 is 0 Å². The Hall–Kier alpha value is -4.19. The number of para-hydroxylation sites is 1. The van der Waals surface area contributed by atoms with Crippen molar-refractivity contribution in [3.05, 3.63) is 95.1 Å². The van der Waals surface area contributed by atoms with Crippen LogP contribution in [0.4, 0.5) is 5.69 Å². The smallest absolute Gasteiger partial charge is 0.180 e. The Balaban J connectivity index is 1.71. The number of ketones is 3. The average molecular weight is 480 g/mol. The molecule has 1 aliphatic carbocycles. The summed E-state index contributed by atoms with van der Waals surface area (Å²) in [6.45, 7) is 1.53. The number of hydrogen-bond donors (Lipinski definition) is 0. The fourth-order valence-corrected chi connectivity index (χ4v) is 6.50. The number of carbonyl (C=O) groups is 3. The van der Waals surface area contributed by atoms with Crippen LogP contribution in [-0.2, 0) is 4.79 Å². The Bertz CT molecular complexity index is 1440. The van der Waals surface area contributed by atoms with Crippen LogP contribution in [0.1, 0.15) is 44.7 Å². The van der Waals surface area contributed by atoms with Crippen molar-refractivity contribution in [2.75, 3.05) is 19.1 Å². The molecular weight excluding hydrogens is 454 g/mol. The van der Waals surface area contributed by atoms with E-state index in [9.17, 15) is 14.4 Å². The van der Waals surface area contributed by atoms with Crippen LogP contribution < -0.4 is 14.4 Å². The van der Waals surface area contributed by atoms with Gasteiger partial charge in [0.05, 0.1) is 26.3 Å². The van der Waals surface area contributed by atoms with Gasteiger partial charge in [0.15, 0.2) is 17.3 Å². The Morgan fingerprint density at radius 2 is 1.56 bits per heavy atom. The number of carbonyl (C=O) groups excluding carboxylic acids is 3. The number of nitrogens with zero attached hydrogens (tertiary/aromatic N) is 1. The van der Waals surface area contributed by atoms with Gasteiger partial charge < -0.3 is 14.4 Å². The first-order valence-electron chi connectivity index (χ1n) is 11.9. The monoisotopic (exact) mass is 479 g/mol. The lowest BCUT2D eigenvalue weighted by atomic mass is 9.64. The van der Waals surface area contributed by atoms with Crippen molar-refractivity contribution in [1.82, 2.24) is 0 Å². The van der Waals surface area contributed by atoms with Crippen LogP contribution in [0.2, 0.25) is 0 Å². The molecule has 6 nitrogen and oxygen atoms in total. The summed E-state index contributed by atoms with van der Waals surface area (Å²) in [4.78, 5) is 44.4. The Morgan fingerprint density at radius 1 is 0.889 bits per heavy atom. The van der Waals surface area contributed by atoms with E-state index in [2.05, 4.69) is 0 Å². The zero-order valence-corrected chi connectivity index (χ0v) is 20.2. The molecule has 0 aromatic heterocycles. The Labute approximate surface area is 209 Å². The number of rotatable bonds is 4. The standard InChI is InChI=1S/C30H25NO5/c1-17(32)27-26(22-16-19(35-2)13-14-24(22)36-3)30(28(33)20-9-5-6-10-21(20)29(30)34)25-15-12-18-8-4-7-11-23(18)31(25)27/h4-16,25-27H,1-3H3/t25-,26+,27-/m1/s1. The fraction of sp³-hybridized carbons (Fsp3) is 0.233. The van der Waals surface area contributed by atoms with Crippen LogP contribution in [0, 0.1) is 5.41 Å². The van der Waals surface area contributed by atoms with Crippen molar-refractivity contribution in [3.8, 4) is 11.5 Å². The molecule has 2 aliphatic heterocycles. The molecule has 0 bridgehead atoms. The molecule has 0 radical (unpaired) electrons. The highest BCUT2D eigenvalue weighted by atomic mass is 16.5. The number of Topliss-reactive ketones (excluding diaryl/α,β-unsaturated/α-hetero) is 3. The molecule has 0 amide bonds. The molecule has 36 heavy (non-hydrogen) atoms. The molecule has 180 valence electrons. The van der Waals surface area contributed by atoms with Gasteiger partial charge in [-0.3, -0.25) is 14.4 Å². The zero-order chi connectivity index (χ0) is 25.2. The average Bonchev–Trinajstić information content (AvgIpc) is 3.35. The van der Waals surface area contributed by atoms with Gasteiger partial charge in [0, 0.05) is 28.3 Å². The third kappa shape index (κ3) is 2.70. The molecule has 3 aromatic rings. The van der Waals surface area contributed by atoms with Crippen molar-refractivity contribution in [3.63, 3.8) is 0 Å². The quantitative estimate of drug-likeness (QED) is 0.504. The van der Waals surface area contributed by atoms with E-state index < -0.39 is 23.4 Å². The molecule has 3 aliphatic rings. The van der Waals surface area contributed by atoms with Gasteiger partial charge in [-0.2, -0.15) is 0 Å². The molecular formula is C30H25NO5. The number of anilines is 1. The summed E-state index contributed by atoms with van der Waals surface area (Å²) >= 11 is 0. The predicted octanol–water partition coefficient (Wildman–Crippen LogP) is 4.73. The molecule has 0 unspecified atom stereocenters. The van der Waals surface area contributed by atoms with Crippen molar-refractivity contribution in [2.24, 2.45) is 5.41 Å². The fourth-order valence-electron chi connectivity index (χ4n) is 6.50. The minimum Gasteiger partial charge on any atom is -0.497 e. The van der Waals surface area contributed by atoms with E-state index in [1.54, 1.807) is 56.7 Å². The van der Waals surface area contributed by atoms with Crippen molar-refractivity contribution in [1.29, 1.82) is 0 Å². The van der Waals surface area contributed by atoms with Gasteiger partial charge in [0.2, 0.25) is 0 Å². The van der Waals surface area contributed by atoms with E-state index in [0.29, 0.717) is 28.2 Å². The zero-order valence-electron chi connectivity index (χ0n) is 20.2. The Morgan fingerprint density at radius 3 is 2.19 bits per heavy atom. The summed E-state index contributed by atoms with van der Waals surface area (Å²) in [7, 11) is 3.10. The summed E-state index contributed by atoms with van der Waals surface area (Å²) < 4.78 is 11.2. The highest BCUT2D eigenvalue weighted by Crippen LogP contribution is 2.61. The summed E-state index contributed by atoms with van der Waals surface area (Å²) in [5.74, 6) is -0.400. The maximum absolute atomic E-state index is 14.4. The van der Waals surface area contributed by atoms with Gasteiger partial charge in [0.25, 0.3) is 0 Å². The number of benzene rings is 3. The third-order valence-electron chi connectivity index (χ3n) is 7.90. The first-order valence-corrected chi connectivity index (χ1v) is 11.9. The molecule has 1 saturated heterocycles. The van der Waals surface area contributed by atoms with E-state index >= 15 is 0 Å². The van der Waals surface area contributed by atoms with Gasteiger partial charge >= 0.3 is 0 Å². The highest BCUT2D eigenvalue weighted by Gasteiger charge is 2.71. The number of ether oxygens (including phenoxy) is 2. The molecule has 0 N–H and O–H groups in total. The lowest BCUT2D eigenvalue weighted by molar-refractivity contribution is -0.118. The molecule has 0 saturated carbocycles. The molecule has 6 heteroatoms. The van der Waals surface area contributed by atoms with Crippen LogP contribution in [0.25, 0.3) is 6.08 Å². The van der Waals surface area contributed by atoms with Crippen molar-refractivity contribution < 1.29 is 23.9 Å². The van der Waals surface area contributed by atoms with E-state index in [4.69, 9.17) is 9.47 Å². The number of methoxy groups -OCH3 is 2. The number of fused-ring (bicyclic) bond motifs is 5. The second kappa shape index (κ2) is 7.92. The lowest BCUT2D eigenvalue weighted by Gasteiger charge is -2.37. The first kappa shape index (κ1) is 22.3. The van der Waals surface area contributed by atoms with Gasteiger partial charge in [-0.25, -0.2) is 0 Å². The minimum atomic E-state index is -1.54.